The van der Waals surface area contributed by atoms with Gasteiger partial charge in [-0.1, -0.05) is 17.7 Å². The normalized spacial score (nSPS) is 12.3. The van der Waals surface area contributed by atoms with Crippen molar-refractivity contribution in [1.82, 2.24) is 9.36 Å². The molecule has 0 spiro atoms. The second-order valence-corrected chi connectivity index (χ2v) is 9.90. The maximum atomic E-state index is 12.2. The molecule has 0 atom stereocenters. The molecule has 0 aliphatic rings. The monoisotopic (exact) mass is 462 g/mol. The Morgan fingerprint density at radius 1 is 1.32 bits per heavy atom. The van der Waals surface area contributed by atoms with Crippen LogP contribution < -0.4 is 9.50 Å². The molecule has 0 aliphatic carbocycles. The van der Waals surface area contributed by atoms with Crippen molar-refractivity contribution < 1.29 is 25.8 Å². The number of anilines is 1. The molecule has 0 saturated heterocycles. The molecule has 0 bridgehead atoms. The Bertz CT molecular complexity index is 1210. The van der Waals surface area contributed by atoms with E-state index in [1.165, 1.54) is 24.3 Å². The molecule has 1 aromatic heterocycles. The van der Waals surface area contributed by atoms with Gasteiger partial charge in [0.15, 0.2) is 5.75 Å². The molecule has 2 rings (SSSR count). The number of halogens is 1. The Balaban J connectivity index is 2.23. The number of nitrogens with one attached hydrogen (secondary N) is 1. The molecule has 1 aromatic carbocycles. The van der Waals surface area contributed by atoms with Crippen LogP contribution in [0, 0.1) is 11.3 Å². The van der Waals surface area contributed by atoms with E-state index >= 15 is 0 Å². The third kappa shape index (κ3) is 5.99. The van der Waals surface area contributed by atoms with Crippen molar-refractivity contribution >= 4 is 60.2 Å². The molecule has 0 saturated carbocycles. The summed E-state index contributed by atoms with van der Waals surface area (Å²) in [6.45, 7) is 0. The fraction of sp³-hybridized carbons (Fsp3) is 0.143. The van der Waals surface area contributed by atoms with Gasteiger partial charge in [-0.05, 0) is 23.8 Å². The van der Waals surface area contributed by atoms with E-state index in [0.717, 1.165) is 12.5 Å². The molecule has 2 aromatic rings. The van der Waals surface area contributed by atoms with Crippen LogP contribution in [0.1, 0.15) is 5.56 Å². The summed E-state index contributed by atoms with van der Waals surface area (Å²) in [6, 6.07) is 5.66. The second kappa shape index (κ2) is 8.23. The summed E-state index contributed by atoms with van der Waals surface area (Å²) in [6.07, 6.45) is 2.98. The van der Waals surface area contributed by atoms with Gasteiger partial charge in [-0.25, -0.2) is 8.42 Å². The molecule has 0 fully saturated rings. The van der Waals surface area contributed by atoms with Crippen LogP contribution in [-0.2, 0) is 24.7 Å². The van der Waals surface area contributed by atoms with Gasteiger partial charge < -0.3 is 4.18 Å². The van der Waals surface area contributed by atoms with Crippen LogP contribution in [0.15, 0.2) is 28.9 Å². The average molecular weight is 463 g/mol. The first-order valence-corrected chi connectivity index (χ1v) is 11.9. The number of carbonyl (C=O) groups excluding carboxylic acids is 1. The van der Waals surface area contributed by atoms with Gasteiger partial charge in [-0.3, -0.25) is 10.1 Å². The summed E-state index contributed by atoms with van der Waals surface area (Å²) in [5.41, 5.74) is -0.00408. The van der Waals surface area contributed by atoms with Crippen LogP contribution in [0.4, 0.5) is 5.13 Å². The van der Waals surface area contributed by atoms with Crippen LogP contribution >= 0.6 is 23.1 Å². The predicted molar refractivity (Wildman–Crippen MR) is 102 cm³/mol. The molecule has 1 heterocycles. The fourth-order valence-electron chi connectivity index (χ4n) is 1.73. The predicted octanol–water partition coefficient (Wildman–Crippen LogP) is 1.48. The fourth-order valence-corrected chi connectivity index (χ4v) is 3.91. The number of amides is 1. The Hall–Kier alpha value is -2.53. The first-order chi connectivity index (χ1) is 12.9. The molecular weight excluding hydrogens is 452 g/mol. The van der Waals surface area contributed by atoms with Crippen LogP contribution in [0.2, 0.25) is 5.02 Å². The summed E-state index contributed by atoms with van der Waals surface area (Å²) in [5, 5.41) is 10.9. The Morgan fingerprint density at radius 2 is 2.00 bits per heavy atom. The van der Waals surface area contributed by atoms with Gasteiger partial charge in [0.25, 0.3) is 11.1 Å². The quantitative estimate of drug-likeness (QED) is 0.381. The number of nitriles is 1. The van der Waals surface area contributed by atoms with Gasteiger partial charge in [0.1, 0.15) is 11.6 Å². The van der Waals surface area contributed by atoms with Crippen LogP contribution in [0.3, 0.4) is 0 Å². The van der Waals surface area contributed by atoms with Gasteiger partial charge >= 0.3 is 10.1 Å². The number of sulfone groups is 1. The summed E-state index contributed by atoms with van der Waals surface area (Å²) in [5.74, 6) is -0.947. The van der Waals surface area contributed by atoms with Gasteiger partial charge in [0.2, 0.25) is 15.0 Å². The first kappa shape index (κ1) is 21.8. The zero-order chi connectivity index (χ0) is 21.1. The van der Waals surface area contributed by atoms with E-state index in [1.807, 2.05) is 0 Å². The minimum absolute atomic E-state index is 0.0428. The van der Waals surface area contributed by atoms with E-state index in [2.05, 4.69) is 18.9 Å². The van der Waals surface area contributed by atoms with Crippen molar-refractivity contribution in [2.24, 2.45) is 0 Å². The van der Waals surface area contributed by atoms with Gasteiger partial charge in [0, 0.05) is 17.8 Å². The maximum Gasteiger partial charge on any atom is 0.306 e. The average Bonchev–Trinajstić information content (AvgIpc) is 3.02. The standard InChI is InChI=1S/C14H11ClN4O6S3/c1-27(21,22)14-18-13(26-19-14)17-12(20)9(7-16)5-8-3-4-11(10(15)6-8)25-28(2,23)24/h3-6H,1-2H3,(H,17,18,19,20)/b9-5-. The molecule has 0 radical (unpaired) electrons. The first-order valence-electron chi connectivity index (χ1n) is 7.05. The number of benzene rings is 1. The highest BCUT2D eigenvalue weighted by atomic mass is 35.5. The highest BCUT2D eigenvalue weighted by molar-refractivity contribution is 7.90. The van der Waals surface area contributed by atoms with E-state index in [4.69, 9.17) is 11.6 Å². The zero-order valence-electron chi connectivity index (χ0n) is 14.2. The number of rotatable bonds is 6. The highest BCUT2D eigenvalue weighted by Gasteiger charge is 2.17. The number of hydrogen-bond acceptors (Lipinski definition) is 10. The third-order valence-electron chi connectivity index (χ3n) is 2.83. The molecule has 10 nitrogen and oxygen atoms in total. The van der Waals surface area contributed by atoms with E-state index < -0.39 is 31.0 Å². The molecule has 1 N–H and O–H groups in total. The second-order valence-electron chi connectivity index (χ2n) is 5.26. The van der Waals surface area contributed by atoms with Crippen molar-refractivity contribution in [3.8, 4) is 11.8 Å². The number of carbonyl (C=O) groups is 1. The van der Waals surface area contributed by atoms with Gasteiger partial charge in [-0.2, -0.15) is 23.0 Å². The molecular formula is C14H11ClN4O6S3. The van der Waals surface area contributed by atoms with Crippen LogP contribution in [-0.4, -0.2) is 44.6 Å². The molecule has 0 unspecified atom stereocenters. The topological polar surface area (TPSA) is 156 Å². The van der Waals surface area contributed by atoms with Crippen molar-refractivity contribution in [3.63, 3.8) is 0 Å². The molecule has 28 heavy (non-hydrogen) atoms. The Kier molecular flexibility index (Phi) is 6.40. The lowest BCUT2D eigenvalue weighted by Crippen LogP contribution is -2.13. The van der Waals surface area contributed by atoms with Gasteiger partial charge in [0.05, 0.1) is 11.3 Å². The highest BCUT2D eigenvalue weighted by Crippen LogP contribution is 2.27. The number of aromatic nitrogens is 2. The van der Waals surface area contributed by atoms with E-state index in [1.54, 1.807) is 6.07 Å². The SMILES string of the molecule is CS(=O)(=O)Oc1ccc(/C=C(/C#N)C(=O)Nc2nc(S(C)(=O)=O)ns2)cc1Cl. The minimum Gasteiger partial charge on any atom is -0.381 e. The van der Waals surface area contributed by atoms with Crippen LogP contribution in [0.5, 0.6) is 5.75 Å². The Labute approximate surface area is 169 Å². The lowest BCUT2D eigenvalue weighted by molar-refractivity contribution is -0.112. The molecule has 14 heteroatoms. The lowest BCUT2D eigenvalue weighted by Gasteiger charge is -2.06. The Morgan fingerprint density at radius 3 is 2.50 bits per heavy atom. The van der Waals surface area contributed by atoms with Crippen molar-refractivity contribution in [2.75, 3.05) is 17.8 Å². The summed E-state index contributed by atoms with van der Waals surface area (Å²) in [7, 11) is -7.39. The van der Waals surface area contributed by atoms with E-state index in [-0.39, 0.29) is 21.5 Å². The largest absolute Gasteiger partial charge is 0.381 e. The molecule has 148 valence electrons. The number of nitrogens with zero attached hydrogens (tertiary/aromatic N) is 3. The minimum atomic E-state index is -3.77. The summed E-state index contributed by atoms with van der Waals surface area (Å²) in [4.78, 5) is 15.9. The van der Waals surface area contributed by atoms with Gasteiger partial charge in [-0.15, -0.1) is 0 Å². The van der Waals surface area contributed by atoms with E-state index in [0.29, 0.717) is 17.1 Å². The summed E-state index contributed by atoms with van der Waals surface area (Å²) >= 11 is 6.59. The van der Waals surface area contributed by atoms with Crippen LogP contribution in [0.25, 0.3) is 6.08 Å². The summed E-state index contributed by atoms with van der Waals surface area (Å²) < 4.78 is 53.3. The molecule has 1 amide bonds. The van der Waals surface area contributed by atoms with Crippen molar-refractivity contribution in [3.05, 3.63) is 34.4 Å². The van der Waals surface area contributed by atoms with E-state index in [9.17, 15) is 26.9 Å². The third-order valence-corrected chi connectivity index (χ3v) is 5.20. The smallest absolute Gasteiger partial charge is 0.306 e. The number of hydrogen-bond donors (Lipinski definition) is 1. The molecule has 0 aliphatic heterocycles. The maximum absolute atomic E-state index is 12.2. The van der Waals surface area contributed by atoms with Crippen molar-refractivity contribution in [1.29, 1.82) is 5.26 Å². The van der Waals surface area contributed by atoms with Crippen molar-refractivity contribution in [2.45, 2.75) is 5.16 Å². The zero-order valence-corrected chi connectivity index (χ0v) is 17.4. The lowest BCUT2D eigenvalue weighted by atomic mass is 10.1.